The molecular formula is C11H19N3O5S2. The van der Waals surface area contributed by atoms with E-state index in [2.05, 4.69) is 15.5 Å². The van der Waals surface area contributed by atoms with Crippen molar-refractivity contribution in [2.45, 2.75) is 0 Å². The van der Waals surface area contributed by atoms with Crippen molar-refractivity contribution in [3.8, 4) is 0 Å². The molecule has 0 spiro atoms. The van der Waals surface area contributed by atoms with Crippen molar-refractivity contribution in [2.24, 2.45) is 0 Å². The third-order valence-corrected chi connectivity index (χ3v) is 5.56. The van der Waals surface area contributed by atoms with E-state index in [9.17, 15) is 0 Å². The highest BCUT2D eigenvalue weighted by Crippen LogP contribution is 2.22. The van der Waals surface area contributed by atoms with Crippen molar-refractivity contribution in [3.05, 3.63) is 15.9 Å². The van der Waals surface area contributed by atoms with Crippen LogP contribution in [-0.4, -0.2) is 68.4 Å². The quantitative estimate of drug-likeness (QED) is 0.424. The van der Waals surface area contributed by atoms with Gasteiger partial charge in [0.1, 0.15) is 18.2 Å². The highest BCUT2D eigenvalue weighted by atomic mass is 32.9. The van der Waals surface area contributed by atoms with Crippen molar-refractivity contribution in [3.63, 3.8) is 0 Å². The second-order valence-corrected chi connectivity index (χ2v) is 6.61. The van der Waals surface area contributed by atoms with Gasteiger partial charge in [-0.3, -0.25) is 0 Å². The fourth-order valence-electron chi connectivity index (χ4n) is 2.09. The van der Waals surface area contributed by atoms with Gasteiger partial charge in [-0.25, -0.2) is 4.58 Å². The van der Waals surface area contributed by atoms with Gasteiger partial charge in [0.05, 0.1) is 19.3 Å². The van der Waals surface area contributed by atoms with Crippen LogP contribution < -0.4 is 14.1 Å². The van der Waals surface area contributed by atoms with Crippen LogP contribution in [0.25, 0.3) is 0 Å². The van der Waals surface area contributed by atoms with Crippen LogP contribution in [0, 0.1) is 5.21 Å². The lowest BCUT2D eigenvalue weighted by molar-refractivity contribution is -0.267. The maximum atomic E-state index is 8.47. The maximum Gasteiger partial charge on any atom is 0.269 e. The van der Waals surface area contributed by atoms with Crippen LogP contribution in [0.1, 0.15) is 0 Å². The summed E-state index contributed by atoms with van der Waals surface area (Å²) in [7, 11) is 3.76. The fraction of sp³-hybridized carbons (Fsp3) is 0.727. The van der Waals surface area contributed by atoms with E-state index in [1.807, 2.05) is 20.7 Å². The van der Waals surface area contributed by atoms with Crippen LogP contribution >= 0.6 is 20.7 Å². The van der Waals surface area contributed by atoms with Gasteiger partial charge in [-0.1, -0.05) is 10.3 Å². The molecule has 120 valence electrons. The molecule has 2 aliphatic heterocycles. The summed E-state index contributed by atoms with van der Waals surface area (Å²) in [6.07, 6.45) is 0. The Bertz CT molecular complexity index is 473. The molecule has 3 heterocycles. The highest BCUT2D eigenvalue weighted by Gasteiger charge is 2.17. The average Bonchev–Trinajstić information content (AvgIpc) is 2.98. The molecular weight excluding hydrogens is 318 g/mol. The molecule has 21 heavy (non-hydrogen) atoms. The van der Waals surface area contributed by atoms with E-state index in [0.29, 0.717) is 0 Å². The molecule has 0 atom stereocenters. The van der Waals surface area contributed by atoms with Gasteiger partial charge in [-0.05, 0) is 10.3 Å². The van der Waals surface area contributed by atoms with E-state index >= 15 is 0 Å². The lowest BCUT2D eigenvalue weighted by atomic mass is 10.4. The molecule has 3 rings (SSSR count). The number of ether oxygens (including phenoxy) is 2. The minimum Gasteiger partial charge on any atom is -0.738 e. The second kappa shape index (κ2) is 8.76. The summed E-state index contributed by atoms with van der Waals surface area (Å²) >= 11 is 0. The Morgan fingerprint density at radius 1 is 1.10 bits per heavy atom. The summed E-state index contributed by atoms with van der Waals surface area (Å²) in [6.45, 7) is 7.52. The Hall–Kier alpha value is -0.590. The van der Waals surface area contributed by atoms with Gasteiger partial charge in [-0.2, -0.15) is 0 Å². The number of hydrogen-bond acceptors (Lipinski definition) is 9. The van der Waals surface area contributed by atoms with Crippen molar-refractivity contribution in [2.75, 3.05) is 57.5 Å². The zero-order valence-electron chi connectivity index (χ0n) is 11.5. The molecule has 1 aromatic heterocycles. The fourth-order valence-corrected chi connectivity index (χ4v) is 4.67. The van der Waals surface area contributed by atoms with Crippen LogP contribution in [0.15, 0.2) is 6.07 Å². The highest BCUT2D eigenvalue weighted by molar-refractivity contribution is 7.70. The monoisotopic (exact) mass is 337 g/mol. The molecule has 0 aromatic carbocycles. The van der Waals surface area contributed by atoms with Gasteiger partial charge in [0.25, 0.3) is 4.67 Å². The van der Waals surface area contributed by atoms with E-state index in [1.54, 1.807) is 0 Å². The molecule has 0 radical (unpaired) electrons. The zero-order valence-corrected chi connectivity index (χ0v) is 13.1. The van der Waals surface area contributed by atoms with Crippen LogP contribution in [0.4, 0.5) is 5.00 Å². The molecule has 0 saturated carbocycles. The summed E-state index contributed by atoms with van der Waals surface area (Å²) in [5, 5.41) is 22.4. The summed E-state index contributed by atoms with van der Waals surface area (Å²) in [4.78, 5) is 2.43. The van der Waals surface area contributed by atoms with Gasteiger partial charge in [0, 0.05) is 13.1 Å². The van der Waals surface area contributed by atoms with Crippen molar-refractivity contribution in [1.29, 1.82) is 0 Å². The smallest absolute Gasteiger partial charge is 0.269 e. The predicted molar refractivity (Wildman–Crippen MR) is 79.8 cm³/mol. The summed E-state index contributed by atoms with van der Waals surface area (Å²) < 4.78 is 14.6. The second-order valence-electron chi connectivity index (χ2n) is 4.44. The largest absolute Gasteiger partial charge is 0.738 e. The van der Waals surface area contributed by atoms with Crippen molar-refractivity contribution in [1.82, 2.24) is 9.97 Å². The van der Waals surface area contributed by atoms with E-state index in [0.717, 1.165) is 52.6 Å². The Kier molecular flexibility index (Phi) is 6.99. The molecule has 1 aromatic rings. The number of hydrogen-bond donors (Lipinski definition) is 2. The summed E-state index contributed by atoms with van der Waals surface area (Å²) in [5.41, 5.74) is 0. The summed E-state index contributed by atoms with van der Waals surface area (Å²) in [6, 6.07) is 2.33. The SMILES string of the molecule is [O-]N(O)O.c1c(N2CCOCC2)ssc1=[N+]1CCOCC1. The van der Waals surface area contributed by atoms with E-state index < -0.39 is 5.39 Å². The molecule has 8 nitrogen and oxygen atoms in total. The minimum absolute atomic E-state index is 0.857. The molecule has 2 fully saturated rings. The summed E-state index contributed by atoms with van der Waals surface area (Å²) in [5.74, 6) is 0. The topological polar surface area (TPSA) is 91.5 Å². The number of morpholine rings is 2. The van der Waals surface area contributed by atoms with Gasteiger partial charge in [0.2, 0.25) is 0 Å². The van der Waals surface area contributed by atoms with E-state index in [1.165, 1.54) is 9.67 Å². The average molecular weight is 337 g/mol. The zero-order chi connectivity index (χ0) is 15.1. The first kappa shape index (κ1) is 16.8. The van der Waals surface area contributed by atoms with Crippen molar-refractivity contribution >= 4 is 25.7 Å². The number of rotatable bonds is 1. The lowest BCUT2D eigenvalue weighted by Gasteiger charge is -2.26. The Morgan fingerprint density at radius 2 is 1.67 bits per heavy atom. The number of nitrogens with zero attached hydrogens (tertiary/aromatic N) is 3. The number of anilines is 1. The molecule has 0 bridgehead atoms. The normalized spacial score (nSPS) is 19.4. The molecule has 2 saturated heterocycles. The lowest BCUT2D eigenvalue weighted by Crippen LogP contribution is -2.39. The molecule has 0 unspecified atom stereocenters. The third kappa shape index (κ3) is 5.60. The molecule has 2 aliphatic rings. The van der Waals surface area contributed by atoms with Crippen LogP contribution in [0.5, 0.6) is 0 Å². The Balaban J connectivity index is 0.000000361. The molecule has 0 aliphatic carbocycles. The Morgan fingerprint density at radius 3 is 2.29 bits per heavy atom. The maximum absolute atomic E-state index is 8.47. The molecule has 10 heteroatoms. The van der Waals surface area contributed by atoms with Gasteiger partial charge >= 0.3 is 0 Å². The third-order valence-electron chi connectivity index (χ3n) is 3.10. The molecule has 2 N–H and O–H groups in total. The minimum atomic E-state index is -1.25. The first-order chi connectivity index (χ1) is 10.2. The van der Waals surface area contributed by atoms with E-state index in [4.69, 9.17) is 25.1 Å². The first-order valence-electron chi connectivity index (χ1n) is 6.60. The first-order valence-corrected chi connectivity index (χ1v) is 8.75. The van der Waals surface area contributed by atoms with Crippen molar-refractivity contribution < 1.29 is 19.9 Å². The molecule has 0 amide bonds. The standard InChI is InChI=1S/C11H17N2O2S2.H2NO3/c1-5-14-6-2-12(1)10-9-11(17-16-10)13-3-7-15-8-4-13;2-1(3)4/h9H,1-8H2;2-3H/q+1;-1. The van der Waals surface area contributed by atoms with Gasteiger partial charge in [-0.15, -0.1) is 5.39 Å². The van der Waals surface area contributed by atoms with Gasteiger partial charge in [0.15, 0.2) is 13.1 Å². The van der Waals surface area contributed by atoms with Gasteiger partial charge < -0.3 is 30.0 Å². The van der Waals surface area contributed by atoms with Crippen LogP contribution in [-0.2, 0) is 9.47 Å². The van der Waals surface area contributed by atoms with E-state index in [-0.39, 0.29) is 0 Å². The Labute approximate surface area is 129 Å². The predicted octanol–water partition coefficient (Wildman–Crippen LogP) is 0.0132. The van der Waals surface area contributed by atoms with Crippen LogP contribution in [0.3, 0.4) is 0 Å². The van der Waals surface area contributed by atoms with Crippen LogP contribution in [0.2, 0.25) is 0 Å².